The molecular formula is C16H15FN4O2S. The maximum atomic E-state index is 14.2. The third-order valence-electron chi connectivity index (χ3n) is 3.97. The molecule has 124 valence electrons. The average Bonchev–Trinajstić information content (AvgIpc) is 3.23. The van der Waals surface area contributed by atoms with Crippen molar-refractivity contribution in [3.63, 3.8) is 0 Å². The van der Waals surface area contributed by atoms with Gasteiger partial charge in [0.15, 0.2) is 5.13 Å². The minimum atomic E-state index is -0.579. The van der Waals surface area contributed by atoms with Crippen molar-refractivity contribution in [3.8, 4) is 0 Å². The summed E-state index contributed by atoms with van der Waals surface area (Å²) >= 11 is 1.25. The summed E-state index contributed by atoms with van der Waals surface area (Å²) in [6.07, 6.45) is 4.62. The number of carbonyl (C=O) groups is 2. The molecule has 1 aliphatic heterocycles. The van der Waals surface area contributed by atoms with Gasteiger partial charge in [0, 0.05) is 18.2 Å². The lowest BCUT2D eigenvalue weighted by molar-refractivity contribution is -0.116. The summed E-state index contributed by atoms with van der Waals surface area (Å²) in [5.41, 5.74) is 1.39. The standard InChI is InChI=1S/C16H15FN4O2S/c17-10-6-11-8(1-4-14(22)20-11)5-12(10)21-15(23)13-7-18-16(24-13)19-9-2-3-9/h5-7,9H,1-4H2,(H,18,19)(H,20,22)(H,21,23). The number of aromatic nitrogens is 1. The van der Waals surface area contributed by atoms with Crippen LogP contribution in [0.3, 0.4) is 0 Å². The van der Waals surface area contributed by atoms with E-state index in [1.165, 1.54) is 23.6 Å². The number of benzene rings is 1. The van der Waals surface area contributed by atoms with Crippen LogP contribution in [0, 0.1) is 5.82 Å². The molecule has 0 radical (unpaired) electrons. The van der Waals surface area contributed by atoms with Crippen LogP contribution in [0.15, 0.2) is 18.3 Å². The van der Waals surface area contributed by atoms with Crippen molar-refractivity contribution < 1.29 is 14.0 Å². The van der Waals surface area contributed by atoms with E-state index in [0.29, 0.717) is 34.6 Å². The molecule has 0 bridgehead atoms. The van der Waals surface area contributed by atoms with Crippen molar-refractivity contribution in [2.24, 2.45) is 0 Å². The molecule has 0 unspecified atom stereocenters. The second kappa shape index (κ2) is 5.86. The summed E-state index contributed by atoms with van der Waals surface area (Å²) in [5.74, 6) is -1.10. The molecule has 8 heteroatoms. The summed E-state index contributed by atoms with van der Waals surface area (Å²) < 4.78 is 14.2. The van der Waals surface area contributed by atoms with E-state index in [1.54, 1.807) is 6.07 Å². The van der Waals surface area contributed by atoms with Gasteiger partial charge in [-0.1, -0.05) is 11.3 Å². The molecule has 0 spiro atoms. The summed E-state index contributed by atoms with van der Waals surface area (Å²) in [6, 6.07) is 3.28. The molecule has 1 saturated carbocycles. The zero-order valence-corrected chi connectivity index (χ0v) is 13.5. The minimum absolute atomic E-state index is 0.111. The van der Waals surface area contributed by atoms with E-state index in [4.69, 9.17) is 0 Å². The van der Waals surface area contributed by atoms with Crippen LogP contribution < -0.4 is 16.0 Å². The summed E-state index contributed by atoms with van der Waals surface area (Å²) in [7, 11) is 0. The van der Waals surface area contributed by atoms with Crippen LogP contribution in [-0.2, 0) is 11.2 Å². The van der Waals surface area contributed by atoms with Crippen LogP contribution >= 0.6 is 11.3 Å². The number of aryl methyl sites for hydroxylation is 1. The minimum Gasteiger partial charge on any atom is -0.359 e. The van der Waals surface area contributed by atoms with Crippen LogP contribution in [0.2, 0.25) is 0 Å². The first-order chi connectivity index (χ1) is 11.6. The molecule has 24 heavy (non-hydrogen) atoms. The third-order valence-corrected chi connectivity index (χ3v) is 4.90. The Hall–Kier alpha value is -2.48. The molecule has 4 rings (SSSR count). The second-order valence-corrected chi connectivity index (χ2v) is 6.97. The van der Waals surface area contributed by atoms with Crippen molar-refractivity contribution in [2.75, 3.05) is 16.0 Å². The van der Waals surface area contributed by atoms with E-state index in [-0.39, 0.29) is 11.6 Å². The molecule has 2 aromatic rings. The predicted octanol–water partition coefficient (Wildman–Crippen LogP) is 2.99. The number of fused-ring (bicyclic) bond motifs is 1. The molecule has 2 amide bonds. The van der Waals surface area contributed by atoms with Gasteiger partial charge in [-0.3, -0.25) is 9.59 Å². The first-order valence-corrected chi connectivity index (χ1v) is 8.56. The Balaban J connectivity index is 1.50. The van der Waals surface area contributed by atoms with E-state index in [2.05, 4.69) is 20.9 Å². The lowest BCUT2D eigenvalue weighted by atomic mass is 10.0. The Morgan fingerprint density at radius 1 is 1.33 bits per heavy atom. The summed E-state index contributed by atoms with van der Waals surface area (Å²) in [5, 5.41) is 9.15. The number of nitrogens with zero attached hydrogens (tertiary/aromatic N) is 1. The number of amides is 2. The van der Waals surface area contributed by atoms with Crippen LogP contribution in [0.1, 0.15) is 34.5 Å². The largest absolute Gasteiger partial charge is 0.359 e. The number of thiazole rings is 1. The van der Waals surface area contributed by atoms with Crippen molar-refractivity contribution >= 4 is 39.7 Å². The second-order valence-electron chi connectivity index (χ2n) is 5.94. The molecular weight excluding hydrogens is 331 g/mol. The summed E-state index contributed by atoms with van der Waals surface area (Å²) in [6.45, 7) is 0. The molecule has 2 aliphatic rings. The van der Waals surface area contributed by atoms with Crippen LogP contribution in [0.4, 0.5) is 20.9 Å². The fraction of sp³-hybridized carbons (Fsp3) is 0.312. The number of hydrogen-bond donors (Lipinski definition) is 3. The van der Waals surface area contributed by atoms with Gasteiger partial charge in [-0.25, -0.2) is 9.37 Å². The van der Waals surface area contributed by atoms with Crippen LogP contribution in [0.25, 0.3) is 0 Å². The molecule has 0 atom stereocenters. The molecule has 1 aromatic heterocycles. The Morgan fingerprint density at radius 3 is 2.96 bits per heavy atom. The van der Waals surface area contributed by atoms with Gasteiger partial charge in [0.2, 0.25) is 5.91 Å². The molecule has 1 aliphatic carbocycles. The lowest BCUT2D eigenvalue weighted by Crippen LogP contribution is -2.20. The summed E-state index contributed by atoms with van der Waals surface area (Å²) in [4.78, 5) is 28.2. The topological polar surface area (TPSA) is 83.1 Å². The Kier molecular flexibility index (Phi) is 3.68. The molecule has 6 nitrogen and oxygen atoms in total. The van der Waals surface area contributed by atoms with Gasteiger partial charge in [-0.15, -0.1) is 0 Å². The Labute approximate surface area is 141 Å². The Bertz CT molecular complexity index is 831. The first kappa shape index (κ1) is 15.1. The van der Waals surface area contributed by atoms with Crippen molar-refractivity contribution in [3.05, 3.63) is 34.6 Å². The normalized spacial score (nSPS) is 16.3. The van der Waals surface area contributed by atoms with Gasteiger partial charge < -0.3 is 16.0 Å². The van der Waals surface area contributed by atoms with E-state index in [9.17, 15) is 14.0 Å². The van der Waals surface area contributed by atoms with E-state index in [0.717, 1.165) is 18.4 Å². The van der Waals surface area contributed by atoms with Gasteiger partial charge in [0.1, 0.15) is 10.7 Å². The van der Waals surface area contributed by atoms with E-state index >= 15 is 0 Å². The number of carbonyl (C=O) groups excluding carboxylic acids is 2. The monoisotopic (exact) mass is 346 g/mol. The maximum Gasteiger partial charge on any atom is 0.267 e. The van der Waals surface area contributed by atoms with Crippen LogP contribution in [0.5, 0.6) is 0 Å². The van der Waals surface area contributed by atoms with Gasteiger partial charge in [0.25, 0.3) is 5.91 Å². The van der Waals surface area contributed by atoms with Crippen molar-refractivity contribution in [1.82, 2.24) is 4.98 Å². The maximum absolute atomic E-state index is 14.2. The molecule has 2 heterocycles. The highest BCUT2D eigenvalue weighted by molar-refractivity contribution is 7.17. The first-order valence-electron chi connectivity index (χ1n) is 7.74. The van der Waals surface area contributed by atoms with E-state index in [1.807, 2.05) is 0 Å². The fourth-order valence-electron chi connectivity index (χ4n) is 2.53. The van der Waals surface area contributed by atoms with Crippen molar-refractivity contribution in [1.29, 1.82) is 0 Å². The number of hydrogen-bond acceptors (Lipinski definition) is 5. The van der Waals surface area contributed by atoms with Gasteiger partial charge in [-0.05, 0) is 37.0 Å². The zero-order valence-electron chi connectivity index (χ0n) is 12.7. The Morgan fingerprint density at radius 2 is 2.17 bits per heavy atom. The van der Waals surface area contributed by atoms with E-state index < -0.39 is 11.7 Å². The van der Waals surface area contributed by atoms with Gasteiger partial charge >= 0.3 is 0 Å². The highest BCUT2D eigenvalue weighted by Crippen LogP contribution is 2.30. The third kappa shape index (κ3) is 3.09. The highest BCUT2D eigenvalue weighted by Gasteiger charge is 2.23. The SMILES string of the molecule is O=C1CCc2cc(NC(=O)c3cnc(NC4CC4)s3)c(F)cc2N1. The smallest absolute Gasteiger partial charge is 0.267 e. The number of rotatable bonds is 4. The quantitative estimate of drug-likeness (QED) is 0.795. The number of halogens is 1. The van der Waals surface area contributed by atoms with Gasteiger partial charge in [0.05, 0.1) is 11.9 Å². The van der Waals surface area contributed by atoms with Gasteiger partial charge in [-0.2, -0.15) is 0 Å². The molecule has 3 N–H and O–H groups in total. The lowest BCUT2D eigenvalue weighted by Gasteiger charge is -2.18. The molecule has 1 aromatic carbocycles. The molecule has 0 saturated heterocycles. The number of anilines is 3. The van der Waals surface area contributed by atoms with Crippen LogP contribution in [-0.4, -0.2) is 22.8 Å². The average molecular weight is 346 g/mol. The predicted molar refractivity (Wildman–Crippen MR) is 90.1 cm³/mol. The molecule has 1 fully saturated rings. The number of nitrogens with one attached hydrogen (secondary N) is 3. The highest BCUT2D eigenvalue weighted by atomic mass is 32.1. The van der Waals surface area contributed by atoms with Crippen molar-refractivity contribution in [2.45, 2.75) is 31.7 Å². The zero-order chi connectivity index (χ0) is 16.7. The fourth-order valence-corrected chi connectivity index (χ4v) is 3.32.